The minimum Gasteiger partial charge on any atom is -0.363 e. The molecule has 1 N–H and O–H groups in total. The van der Waals surface area contributed by atoms with E-state index in [1.54, 1.807) is 41.8 Å². The Bertz CT molecular complexity index is 1320. The van der Waals surface area contributed by atoms with Crippen LogP contribution in [0, 0.1) is 41.1 Å². The van der Waals surface area contributed by atoms with Crippen molar-refractivity contribution in [3.05, 3.63) is 81.3 Å². The van der Waals surface area contributed by atoms with Gasteiger partial charge in [0.1, 0.15) is 23.4 Å². The Hall–Kier alpha value is -4.23. The van der Waals surface area contributed by atoms with Gasteiger partial charge >= 0.3 is 0 Å². The number of para-hydroxylation sites is 2. The van der Waals surface area contributed by atoms with E-state index in [0.29, 0.717) is 54.5 Å². The van der Waals surface area contributed by atoms with Gasteiger partial charge in [0.2, 0.25) is 5.91 Å². The highest BCUT2D eigenvalue weighted by Crippen LogP contribution is 2.31. The third-order valence-corrected chi connectivity index (χ3v) is 6.31. The normalized spacial score (nSPS) is 13.9. The largest absolute Gasteiger partial charge is 0.363 e. The third-order valence-electron chi connectivity index (χ3n) is 6.31. The van der Waals surface area contributed by atoms with Gasteiger partial charge in [-0.3, -0.25) is 24.4 Å². The van der Waals surface area contributed by atoms with Crippen molar-refractivity contribution in [2.75, 3.05) is 42.9 Å². The molecule has 4 rings (SSSR count). The van der Waals surface area contributed by atoms with E-state index in [0.717, 1.165) is 5.69 Å². The molecule has 0 atom stereocenters. The van der Waals surface area contributed by atoms with Crippen molar-refractivity contribution in [2.24, 2.45) is 0 Å². The van der Waals surface area contributed by atoms with Gasteiger partial charge in [-0.05, 0) is 43.7 Å². The van der Waals surface area contributed by atoms with E-state index in [2.05, 4.69) is 11.4 Å². The Balaban J connectivity index is 1.47. The van der Waals surface area contributed by atoms with Crippen molar-refractivity contribution >= 4 is 23.1 Å². The summed E-state index contributed by atoms with van der Waals surface area (Å²) >= 11 is 0. The molecule has 3 aromatic rings. The summed E-state index contributed by atoms with van der Waals surface area (Å²) in [6.07, 6.45) is 0. The summed E-state index contributed by atoms with van der Waals surface area (Å²) in [5.41, 5.74) is 2.93. The molecule has 0 spiro atoms. The maximum Gasteiger partial charge on any atom is 0.292 e. The lowest BCUT2D eigenvalue weighted by Gasteiger charge is -2.35. The summed E-state index contributed by atoms with van der Waals surface area (Å²) in [7, 11) is 0. The number of halogens is 1. The molecule has 1 amide bonds. The molecule has 0 aliphatic carbocycles. The van der Waals surface area contributed by atoms with Gasteiger partial charge in [0.15, 0.2) is 0 Å². The van der Waals surface area contributed by atoms with Crippen molar-refractivity contribution in [2.45, 2.75) is 13.8 Å². The number of hydrogen-bond donors (Lipinski definition) is 1. The van der Waals surface area contributed by atoms with E-state index in [1.165, 1.54) is 18.2 Å². The molecule has 0 radical (unpaired) electrons. The molecule has 1 aromatic heterocycles. The number of nitro groups is 1. The zero-order valence-corrected chi connectivity index (χ0v) is 19.5. The highest BCUT2D eigenvalue weighted by atomic mass is 19.1. The van der Waals surface area contributed by atoms with Crippen LogP contribution in [0.25, 0.3) is 5.69 Å². The SMILES string of the molecule is Cc1c(C#N)c(NC(=O)CN2CCN(c3ccccc3[N+](=O)[O-])CC2)n(-c2cccc(F)c2)c1C. The average Bonchev–Trinajstić information content (AvgIpc) is 3.08. The fourth-order valence-corrected chi connectivity index (χ4v) is 4.41. The maximum absolute atomic E-state index is 13.9. The number of hydrogen-bond acceptors (Lipinski definition) is 6. The molecule has 2 aromatic carbocycles. The van der Waals surface area contributed by atoms with Gasteiger partial charge in [-0.1, -0.05) is 18.2 Å². The number of piperazine rings is 1. The van der Waals surface area contributed by atoms with Gasteiger partial charge in [-0.2, -0.15) is 5.26 Å². The molecular formula is C25H25FN6O3. The summed E-state index contributed by atoms with van der Waals surface area (Å²) in [5.74, 6) is -0.395. The Kier molecular flexibility index (Phi) is 6.80. The number of nitro benzene ring substituents is 1. The molecule has 180 valence electrons. The molecule has 2 heterocycles. The minimum absolute atomic E-state index is 0.0616. The lowest BCUT2D eigenvalue weighted by atomic mass is 10.2. The van der Waals surface area contributed by atoms with E-state index in [1.807, 2.05) is 16.7 Å². The number of nitrogens with one attached hydrogen (secondary N) is 1. The highest BCUT2D eigenvalue weighted by molar-refractivity contribution is 5.93. The molecule has 10 heteroatoms. The van der Waals surface area contributed by atoms with Gasteiger partial charge in [-0.15, -0.1) is 0 Å². The smallest absolute Gasteiger partial charge is 0.292 e. The highest BCUT2D eigenvalue weighted by Gasteiger charge is 2.26. The lowest BCUT2D eigenvalue weighted by molar-refractivity contribution is -0.384. The van der Waals surface area contributed by atoms with E-state index in [-0.39, 0.29) is 23.1 Å². The minimum atomic E-state index is -0.416. The fraction of sp³-hybridized carbons (Fsp3) is 0.280. The van der Waals surface area contributed by atoms with Crippen LogP contribution in [-0.2, 0) is 4.79 Å². The van der Waals surface area contributed by atoms with Crippen LogP contribution in [0.4, 0.5) is 21.6 Å². The van der Waals surface area contributed by atoms with E-state index < -0.39 is 5.82 Å². The number of anilines is 2. The first-order valence-electron chi connectivity index (χ1n) is 11.2. The van der Waals surface area contributed by atoms with Crippen molar-refractivity contribution < 1.29 is 14.1 Å². The van der Waals surface area contributed by atoms with Crippen LogP contribution in [-0.4, -0.2) is 53.0 Å². The first-order valence-corrected chi connectivity index (χ1v) is 11.2. The van der Waals surface area contributed by atoms with Crippen LogP contribution in [0.5, 0.6) is 0 Å². The van der Waals surface area contributed by atoms with Gasteiger partial charge in [0, 0.05) is 37.9 Å². The van der Waals surface area contributed by atoms with Crippen molar-refractivity contribution in [1.29, 1.82) is 5.26 Å². The van der Waals surface area contributed by atoms with Crippen LogP contribution in [0.15, 0.2) is 48.5 Å². The molecule has 1 saturated heterocycles. The second-order valence-electron chi connectivity index (χ2n) is 8.42. The second-order valence-corrected chi connectivity index (χ2v) is 8.42. The zero-order chi connectivity index (χ0) is 25.1. The van der Waals surface area contributed by atoms with Crippen molar-refractivity contribution in [3.63, 3.8) is 0 Å². The number of amides is 1. The standard InChI is InChI=1S/C25H25FN6O3/c1-17-18(2)31(20-7-5-6-19(26)14-20)25(21(17)15-27)28-24(33)16-29-10-12-30(13-11-29)22-8-3-4-9-23(22)32(34)35/h3-9,14H,10-13,16H2,1-2H3,(H,28,33). The van der Waals surface area contributed by atoms with Gasteiger partial charge in [0.05, 0.1) is 22.7 Å². The summed E-state index contributed by atoms with van der Waals surface area (Å²) in [6, 6.07) is 14.8. The zero-order valence-electron chi connectivity index (χ0n) is 19.5. The average molecular weight is 477 g/mol. The quantitative estimate of drug-likeness (QED) is 0.429. The van der Waals surface area contributed by atoms with Gasteiger partial charge in [0.25, 0.3) is 5.69 Å². The van der Waals surface area contributed by atoms with Crippen molar-refractivity contribution in [1.82, 2.24) is 9.47 Å². The van der Waals surface area contributed by atoms with E-state index >= 15 is 0 Å². The first-order chi connectivity index (χ1) is 16.8. The number of benzene rings is 2. The predicted octanol–water partition coefficient (Wildman–Crippen LogP) is 3.77. The Morgan fingerprint density at radius 3 is 2.51 bits per heavy atom. The summed E-state index contributed by atoms with van der Waals surface area (Å²) in [5, 5.41) is 23.9. The summed E-state index contributed by atoms with van der Waals surface area (Å²) in [6.45, 7) is 5.89. The molecule has 9 nitrogen and oxygen atoms in total. The first kappa shape index (κ1) is 23.9. The molecule has 0 unspecified atom stereocenters. The van der Waals surface area contributed by atoms with Crippen LogP contribution in [0.2, 0.25) is 0 Å². The molecule has 0 bridgehead atoms. The number of aromatic nitrogens is 1. The second kappa shape index (κ2) is 9.95. The van der Waals surface area contributed by atoms with E-state index in [9.17, 15) is 24.6 Å². The third kappa shape index (κ3) is 4.85. The molecule has 1 fully saturated rings. The van der Waals surface area contributed by atoms with Crippen LogP contribution < -0.4 is 10.2 Å². The van der Waals surface area contributed by atoms with Crippen LogP contribution >= 0.6 is 0 Å². The summed E-state index contributed by atoms with van der Waals surface area (Å²) < 4.78 is 15.6. The Morgan fingerprint density at radius 1 is 1.14 bits per heavy atom. The molecule has 35 heavy (non-hydrogen) atoms. The van der Waals surface area contributed by atoms with Gasteiger partial charge in [-0.25, -0.2) is 4.39 Å². The maximum atomic E-state index is 13.9. The van der Waals surface area contributed by atoms with E-state index in [4.69, 9.17) is 0 Å². The van der Waals surface area contributed by atoms with Crippen LogP contribution in [0.3, 0.4) is 0 Å². The fourth-order valence-electron chi connectivity index (χ4n) is 4.41. The Morgan fingerprint density at radius 2 is 1.86 bits per heavy atom. The number of nitrogens with zero attached hydrogens (tertiary/aromatic N) is 5. The monoisotopic (exact) mass is 476 g/mol. The molecular weight excluding hydrogens is 451 g/mol. The molecule has 0 saturated carbocycles. The number of rotatable bonds is 6. The predicted molar refractivity (Wildman–Crippen MR) is 130 cm³/mol. The number of carbonyl (C=O) groups is 1. The Labute approximate surface area is 202 Å². The number of carbonyl (C=O) groups excluding carboxylic acids is 1. The molecule has 1 aliphatic rings. The topological polar surface area (TPSA) is 107 Å². The van der Waals surface area contributed by atoms with Crippen molar-refractivity contribution in [3.8, 4) is 11.8 Å². The molecule has 1 aliphatic heterocycles. The van der Waals surface area contributed by atoms with Gasteiger partial charge < -0.3 is 10.2 Å². The van der Waals surface area contributed by atoms with Crippen LogP contribution in [0.1, 0.15) is 16.8 Å². The summed E-state index contributed by atoms with van der Waals surface area (Å²) in [4.78, 5) is 27.8. The number of nitriles is 1. The lowest BCUT2D eigenvalue weighted by Crippen LogP contribution is -2.48.